The van der Waals surface area contributed by atoms with Gasteiger partial charge in [-0.2, -0.15) is 0 Å². The first-order chi connectivity index (χ1) is 11.4. The molecular formula is C18H18BrNO4. The molecule has 6 heteroatoms. The molecule has 1 amide bonds. The molecule has 0 heterocycles. The lowest BCUT2D eigenvalue weighted by molar-refractivity contribution is -0.122. The highest BCUT2D eigenvalue weighted by molar-refractivity contribution is 9.10. The minimum atomic E-state index is -0.731. The first-order valence-electron chi connectivity index (χ1n) is 7.32. The Bertz CT molecular complexity index is 743. The molecule has 0 saturated carbocycles. The quantitative estimate of drug-likeness (QED) is 0.753. The van der Waals surface area contributed by atoms with Gasteiger partial charge in [-0.05, 0) is 56.3 Å². The molecule has 0 aromatic heterocycles. The molecule has 0 aliphatic heterocycles. The highest BCUT2D eigenvalue weighted by Gasteiger charge is 2.18. The Morgan fingerprint density at radius 1 is 1.08 bits per heavy atom. The Labute approximate surface area is 149 Å². The Balaban J connectivity index is 2.08. The van der Waals surface area contributed by atoms with Crippen LogP contribution in [0, 0.1) is 0 Å². The third kappa shape index (κ3) is 4.58. The highest BCUT2D eigenvalue weighted by atomic mass is 79.9. The van der Waals surface area contributed by atoms with Crippen molar-refractivity contribution in [3.05, 3.63) is 52.5 Å². The van der Waals surface area contributed by atoms with E-state index < -0.39 is 6.10 Å². The van der Waals surface area contributed by atoms with Gasteiger partial charge in [0.1, 0.15) is 0 Å². The first kappa shape index (κ1) is 18.0. The van der Waals surface area contributed by atoms with Crippen molar-refractivity contribution >= 4 is 33.3 Å². The summed E-state index contributed by atoms with van der Waals surface area (Å²) in [5.74, 6) is 0.461. The lowest BCUT2D eigenvalue weighted by Crippen LogP contribution is -2.30. The van der Waals surface area contributed by atoms with Gasteiger partial charge in [0.2, 0.25) is 0 Å². The van der Waals surface area contributed by atoms with Gasteiger partial charge in [-0.1, -0.05) is 15.9 Å². The van der Waals surface area contributed by atoms with Crippen molar-refractivity contribution in [3.63, 3.8) is 0 Å². The summed E-state index contributed by atoms with van der Waals surface area (Å²) in [6.45, 7) is 3.12. The maximum Gasteiger partial charge on any atom is 0.265 e. The number of halogens is 1. The summed E-state index contributed by atoms with van der Waals surface area (Å²) in [7, 11) is 1.48. The van der Waals surface area contributed by atoms with E-state index in [4.69, 9.17) is 9.47 Å². The van der Waals surface area contributed by atoms with Crippen LogP contribution >= 0.6 is 15.9 Å². The number of ketones is 1. The smallest absolute Gasteiger partial charge is 0.265 e. The van der Waals surface area contributed by atoms with Crippen LogP contribution in [-0.2, 0) is 4.79 Å². The van der Waals surface area contributed by atoms with Gasteiger partial charge in [-0.15, -0.1) is 0 Å². The van der Waals surface area contributed by atoms with Gasteiger partial charge in [0.05, 0.1) is 7.11 Å². The third-order valence-electron chi connectivity index (χ3n) is 3.35. The predicted molar refractivity (Wildman–Crippen MR) is 95.9 cm³/mol. The van der Waals surface area contributed by atoms with Crippen molar-refractivity contribution in [1.82, 2.24) is 0 Å². The Morgan fingerprint density at radius 2 is 1.75 bits per heavy atom. The predicted octanol–water partition coefficient (Wildman–Crippen LogP) is 4.07. The van der Waals surface area contributed by atoms with Gasteiger partial charge in [-0.25, -0.2) is 0 Å². The van der Waals surface area contributed by atoms with Crippen molar-refractivity contribution in [2.75, 3.05) is 12.4 Å². The summed E-state index contributed by atoms with van der Waals surface area (Å²) in [5.41, 5.74) is 1.20. The van der Waals surface area contributed by atoms with E-state index in [-0.39, 0.29) is 11.7 Å². The zero-order chi connectivity index (χ0) is 17.7. The molecule has 5 nitrogen and oxygen atoms in total. The largest absolute Gasteiger partial charge is 0.493 e. The summed E-state index contributed by atoms with van der Waals surface area (Å²) in [4.78, 5) is 23.7. The van der Waals surface area contributed by atoms with E-state index in [1.807, 2.05) is 12.1 Å². The molecule has 0 aliphatic carbocycles. The van der Waals surface area contributed by atoms with E-state index in [2.05, 4.69) is 21.2 Å². The number of amides is 1. The van der Waals surface area contributed by atoms with E-state index in [9.17, 15) is 9.59 Å². The summed E-state index contributed by atoms with van der Waals surface area (Å²) < 4.78 is 11.8. The number of benzene rings is 2. The molecule has 126 valence electrons. The van der Waals surface area contributed by atoms with Crippen molar-refractivity contribution in [2.45, 2.75) is 20.0 Å². The van der Waals surface area contributed by atoms with Gasteiger partial charge in [0.25, 0.3) is 5.91 Å². The molecule has 1 N–H and O–H groups in total. The normalized spacial score (nSPS) is 11.5. The Morgan fingerprint density at radius 3 is 2.33 bits per heavy atom. The van der Waals surface area contributed by atoms with Gasteiger partial charge >= 0.3 is 0 Å². The number of Topliss-reactive ketones (excluding diaryl/α,β-unsaturated/α-hetero) is 1. The molecule has 0 bridgehead atoms. The number of carbonyl (C=O) groups excluding carboxylic acids is 2. The first-order valence-corrected chi connectivity index (χ1v) is 8.12. The summed E-state index contributed by atoms with van der Waals surface area (Å²) in [6.07, 6.45) is -0.731. The molecule has 0 radical (unpaired) electrons. The second-order valence-corrected chi connectivity index (χ2v) is 6.09. The van der Waals surface area contributed by atoms with Crippen molar-refractivity contribution in [1.29, 1.82) is 0 Å². The third-order valence-corrected chi connectivity index (χ3v) is 3.88. The van der Waals surface area contributed by atoms with Crippen LogP contribution < -0.4 is 14.8 Å². The number of hydrogen-bond donors (Lipinski definition) is 1. The molecule has 0 unspecified atom stereocenters. The van der Waals surface area contributed by atoms with Crippen LogP contribution in [0.5, 0.6) is 11.5 Å². The lowest BCUT2D eigenvalue weighted by atomic mass is 10.1. The number of methoxy groups -OCH3 is 1. The van der Waals surface area contributed by atoms with E-state index in [1.165, 1.54) is 14.0 Å². The average Bonchev–Trinajstić information content (AvgIpc) is 2.56. The molecule has 2 aromatic rings. The fourth-order valence-electron chi connectivity index (χ4n) is 2.01. The number of nitrogens with one attached hydrogen (secondary N) is 1. The lowest BCUT2D eigenvalue weighted by Gasteiger charge is -2.17. The molecule has 24 heavy (non-hydrogen) atoms. The fraction of sp³-hybridized carbons (Fsp3) is 0.222. The van der Waals surface area contributed by atoms with E-state index in [0.717, 1.165) is 4.47 Å². The highest BCUT2D eigenvalue weighted by Crippen LogP contribution is 2.29. The number of ether oxygens (including phenoxy) is 2. The molecule has 0 saturated heterocycles. The Hall–Kier alpha value is -2.34. The summed E-state index contributed by atoms with van der Waals surface area (Å²) in [6, 6.07) is 12.1. The maximum atomic E-state index is 12.2. The van der Waals surface area contributed by atoms with E-state index in [0.29, 0.717) is 22.7 Å². The van der Waals surface area contributed by atoms with Crippen LogP contribution in [0.2, 0.25) is 0 Å². The van der Waals surface area contributed by atoms with Crippen LogP contribution in [-0.4, -0.2) is 24.9 Å². The van der Waals surface area contributed by atoms with Crippen molar-refractivity contribution in [3.8, 4) is 11.5 Å². The van der Waals surface area contributed by atoms with Crippen molar-refractivity contribution in [2.24, 2.45) is 0 Å². The van der Waals surface area contributed by atoms with E-state index >= 15 is 0 Å². The minimum Gasteiger partial charge on any atom is -0.493 e. The van der Waals surface area contributed by atoms with E-state index in [1.54, 1.807) is 37.3 Å². The molecule has 2 rings (SSSR count). The molecule has 2 aromatic carbocycles. The second-order valence-electron chi connectivity index (χ2n) is 5.18. The SMILES string of the molecule is COc1cc(C(C)=O)ccc1O[C@H](C)C(=O)Nc1ccc(Br)cc1. The summed E-state index contributed by atoms with van der Waals surface area (Å²) in [5, 5.41) is 2.78. The molecular weight excluding hydrogens is 374 g/mol. The van der Waals surface area contributed by atoms with Crippen LogP contribution in [0.3, 0.4) is 0 Å². The van der Waals surface area contributed by atoms with Crippen LogP contribution in [0.4, 0.5) is 5.69 Å². The monoisotopic (exact) mass is 391 g/mol. The molecule has 0 fully saturated rings. The standard InChI is InChI=1S/C18H18BrNO4/c1-11(21)13-4-9-16(17(10-13)23-3)24-12(2)18(22)20-15-7-5-14(19)6-8-15/h4-10,12H,1-3H3,(H,20,22)/t12-/m1/s1. The van der Waals surface area contributed by atoms with Crippen molar-refractivity contribution < 1.29 is 19.1 Å². The zero-order valence-corrected chi connectivity index (χ0v) is 15.2. The van der Waals surface area contributed by atoms with Gasteiger partial charge in [0.15, 0.2) is 23.4 Å². The minimum absolute atomic E-state index is 0.0686. The number of rotatable bonds is 6. The maximum absolute atomic E-state index is 12.2. The molecule has 0 aliphatic rings. The van der Waals surface area contributed by atoms with Crippen LogP contribution in [0.1, 0.15) is 24.2 Å². The van der Waals surface area contributed by atoms with Gasteiger partial charge in [0, 0.05) is 15.7 Å². The second kappa shape index (κ2) is 7.97. The topological polar surface area (TPSA) is 64.6 Å². The van der Waals surface area contributed by atoms with Gasteiger partial charge < -0.3 is 14.8 Å². The number of anilines is 1. The zero-order valence-electron chi connectivity index (χ0n) is 13.6. The van der Waals surface area contributed by atoms with Crippen LogP contribution in [0.15, 0.2) is 46.9 Å². The summed E-state index contributed by atoms with van der Waals surface area (Å²) >= 11 is 3.34. The number of carbonyl (C=O) groups is 2. The molecule has 0 spiro atoms. The fourth-order valence-corrected chi connectivity index (χ4v) is 2.27. The average molecular weight is 392 g/mol. The van der Waals surface area contributed by atoms with Crippen LogP contribution in [0.25, 0.3) is 0 Å². The Kier molecular flexibility index (Phi) is 5.98. The molecule has 1 atom stereocenters. The van der Waals surface area contributed by atoms with Gasteiger partial charge in [-0.3, -0.25) is 9.59 Å². The number of hydrogen-bond acceptors (Lipinski definition) is 4.